The summed E-state index contributed by atoms with van der Waals surface area (Å²) in [7, 11) is 0. The summed E-state index contributed by atoms with van der Waals surface area (Å²) in [5.74, 6) is 2.01. The fourth-order valence-corrected chi connectivity index (χ4v) is 3.60. The van der Waals surface area contributed by atoms with E-state index in [1.807, 2.05) is 12.1 Å². The number of hydrogen-bond donors (Lipinski definition) is 3. The zero-order valence-electron chi connectivity index (χ0n) is 19.9. The highest BCUT2D eigenvalue weighted by Gasteiger charge is 2.23. The molecule has 1 heterocycles. The molecule has 0 radical (unpaired) electrons. The number of hydrogen-bond acceptors (Lipinski definition) is 4. The molecular weight excluding hydrogens is 390 g/mol. The number of primary amides is 1. The number of carbonyl (C=O) groups is 1. The van der Waals surface area contributed by atoms with Crippen molar-refractivity contribution in [2.24, 2.45) is 16.6 Å². The van der Waals surface area contributed by atoms with Crippen molar-refractivity contribution in [2.75, 3.05) is 39.3 Å². The van der Waals surface area contributed by atoms with Crippen LogP contribution >= 0.6 is 0 Å². The van der Waals surface area contributed by atoms with Crippen molar-refractivity contribution in [2.45, 2.75) is 58.9 Å². The Labute approximate surface area is 187 Å². The molecule has 7 nitrogen and oxygen atoms in total. The second-order valence-corrected chi connectivity index (χ2v) is 9.47. The van der Waals surface area contributed by atoms with Gasteiger partial charge in [0.25, 0.3) is 0 Å². The SMILES string of the molecule is CCNC(=NCC(C)(C)c1ccc(OCC(C)C)cc1)NC1CCN(CC(N)=O)CC1. The second kappa shape index (κ2) is 11.9. The Hall–Kier alpha value is -2.28. The molecule has 0 unspecified atom stereocenters. The number of likely N-dealkylation sites (tertiary alicyclic amines) is 1. The Balaban J connectivity index is 1.93. The van der Waals surface area contributed by atoms with Crippen LogP contribution < -0.4 is 21.1 Å². The number of guanidine groups is 1. The van der Waals surface area contributed by atoms with E-state index in [2.05, 4.69) is 62.3 Å². The fraction of sp³-hybridized carbons (Fsp3) is 0.667. The minimum atomic E-state index is -0.261. The van der Waals surface area contributed by atoms with E-state index in [0.29, 0.717) is 25.0 Å². The topological polar surface area (TPSA) is 92.0 Å². The second-order valence-electron chi connectivity index (χ2n) is 9.47. The van der Waals surface area contributed by atoms with Gasteiger partial charge in [0.2, 0.25) is 5.91 Å². The standard InChI is InChI=1S/C24H41N5O2/c1-6-26-23(28-20-11-13-29(14-12-20)15-22(25)30)27-17-24(4,5)19-7-9-21(10-8-19)31-16-18(2)3/h7-10,18,20H,6,11-17H2,1-5H3,(H2,25,30)(H2,26,27,28). The number of aliphatic imine (C=N–C) groups is 1. The van der Waals surface area contributed by atoms with Crippen molar-refractivity contribution in [1.29, 1.82) is 0 Å². The summed E-state index contributed by atoms with van der Waals surface area (Å²) in [5.41, 5.74) is 6.46. The number of amides is 1. The van der Waals surface area contributed by atoms with E-state index in [1.54, 1.807) is 0 Å². The quantitative estimate of drug-likeness (QED) is 0.391. The van der Waals surface area contributed by atoms with Crippen LogP contribution in [-0.2, 0) is 10.2 Å². The highest BCUT2D eigenvalue weighted by molar-refractivity contribution is 5.80. The molecule has 2 rings (SSSR count). The van der Waals surface area contributed by atoms with E-state index in [0.717, 1.165) is 50.8 Å². The summed E-state index contributed by atoms with van der Waals surface area (Å²) in [6.45, 7) is 15.1. The Morgan fingerprint density at radius 3 is 2.45 bits per heavy atom. The van der Waals surface area contributed by atoms with Crippen LogP contribution in [0.15, 0.2) is 29.3 Å². The van der Waals surface area contributed by atoms with Gasteiger partial charge in [-0.1, -0.05) is 39.8 Å². The van der Waals surface area contributed by atoms with E-state index in [1.165, 1.54) is 5.56 Å². The van der Waals surface area contributed by atoms with Crippen molar-refractivity contribution in [3.05, 3.63) is 29.8 Å². The van der Waals surface area contributed by atoms with Crippen LogP contribution in [0.2, 0.25) is 0 Å². The lowest BCUT2D eigenvalue weighted by atomic mass is 9.85. The summed E-state index contributed by atoms with van der Waals surface area (Å²) in [4.78, 5) is 18.1. The third kappa shape index (κ3) is 8.77. The van der Waals surface area contributed by atoms with E-state index in [9.17, 15) is 4.79 Å². The summed E-state index contributed by atoms with van der Waals surface area (Å²) < 4.78 is 5.80. The minimum absolute atomic E-state index is 0.0935. The van der Waals surface area contributed by atoms with Crippen LogP contribution in [0.5, 0.6) is 5.75 Å². The van der Waals surface area contributed by atoms with Crippen molar-refractivity contribution >= 4 is 11.9 Å². The molecule has 1 aromatic rings. The predicted octanol–water partition coefficient (Wildman–Crippen LogP) is 2.50. The first kappa shape index (κ1) is 25.0. The molecule has 1 fully saturated rings. The maximum absolute atomic E-state index is 11.1. The molecule has 1 saturated heterocycles. The Morgan fingerprint density at radius 2 is 1.90 bits per heavy atom. The molecule has 1 aliphatic heterocycles. The number of ether oxygens (including phenoxy) is 1. The molecule has 0 atom stereocenters. The molecule has 0 spiro atoms. The fourth-order valence-electron chi connectivity index (χ4n) is 3.60. The maximum atomic E-state index is 11.1. The monoisotopic (exact) mass is 431 g/mol. The van der Waals surface area contributed by atoms with Gasteiger partial charge in [-0.3, -0.25) is 14.7 Å². The van der Waals surface area contributed by atoms with Crippen LogP contribution in [0.25, 0.3) is 0 Å². The van der Waals surface area contributed by atoms with E-state index >= 15 is 0 Å². The Bertz CT molecular complexity index is 707. The van der Waals surface area contributed by atoms with Crippen molar-refractivity contribution in [3.63, 3.8) is 0 Å². The van der Waals surface area contributed by atoms with Gasteiger partial charge in [-0.2, -0.15) is 0 Å². The van der Waals surface area contributed by atoms with Gasteiger partial charge in [0.05, 0.1) is 19.7 Å². The maximum Gasteiger partial charge on any atom is 0.231 e. The van der Waals surface area contributed by atoms with E-state index in [-0.39, 0.29) is 11.3 Å². The van der Waals surface area contributed by atoms with Crippen molar-refractivity contribution in [1.82, 2.24) is 15.5 Å². The molecule has 1 aromatic carbocycles. The van der Waals surface area contributed by atoms with Gasteiger partial charge in [-0.25, -0.2) is 0 Å². The molecule has 4 N–H and O–H groups in total. The molecule has 1 aliphatic rings. The smallest absolute Gasteiger partial charge is 0.231 e. The van der Waals surface area contributed by atoms with Crippen LogP contribution in [-0.4, -0.2) is 62.1 Å². The van der Waals surface area contributed by atoms with Gasteiger partial charge in [-0.15, -0.1) is 0 Å². The van der Waals surface area contributed by atoms with E-state index in [4.69, 9.17) is 15.5 Å². The average molecular weight is 432 g/mol. The molecule has 0 bridgehead atoms. The third-order valence-electron chi connectivity index (χ3n) is 5.50. The van der Waals surface area contributed by atoms with Crippen LogP contribution in [0.1, 0.15) is 53.0 Å². The Kier molecular flexibility index (Phi) is 9.62. The lowest BCUT2D eigenvalue weighted by Gasteiger charge is -2.32. The summed E-state index contributed by atoms with van der Waals surface area (Å²) in [6, 6.07) is 8.72. The molecule has 0 saturated carbocycles. The number of benzene rings is 1. The Morgan fingerprint density at radius 1 is 1.26 bits per heavy atom. The van der Waals surface area contributed by atoms with Gasteiger partial charge >= 0.3 is 0 Å². The molecule has 1 amide bonds. The number of rotatable bonds is 10. The zero-order chi connectivity index (χ0) is 22.9. The number of piperidine rings is 1. The van der Waals surface area contributed by atoms with Crippen LogP contribution in [0, 0.1) is 5.92 Å². The first-order valence-electron chi connectivity index (χ1n) is 11.5. The lowest BCUT2D eigenvalue weighted by Crippen LogP contribution is -2.50. The molecule has 31 heavy (non-hydrogen) atoms. The van der Waals surface area contributed by atoms with Crippen LogP contribution in [0.4, 0.5) is 0 Å². The highest BCUT2D eigenvalue weighted by atomic mass is 16.5. The number of nitrogens with zero attached hydrogens (tertiary/aromatic N) is 2. The summed E-state index contributed by atoms with van der Waals surface area (Å²) in [6.07, 6.45) is 1.94. The summed E-state index contributed by atoms with van der Waals surface area (Å²) in [5, 5.41) is 6.93. The van der Waals surface area contributed by atoms with Gasteiger partial charge in [0.15, 0.2) is 5.96 Å². The highest BCUT2D eigenvalue weighted by Crippen LogP contribution is 2.26. The minimum Gasteiger partial charge on any atom is -0.493 e. The van der Waals surface area contributed by atoms with Crippen molar-refractivity contribution < 1.29 is 9.53 Å². The summed E-state index contributed by atoms with van der Waals surface area (Å²) >= 11 is 0. The number of nitrogens with one attached hydrogen (secondary N) is 2. The third-order valence-corrected chi connectivity index (χ3v) is 5.50. The first-order valence-corrected chi connectivity index (χ1v) is 11.5. The van der Waals surface area contributed by atoms with Crippen molar-refractivity contribution in [3.8, 4) is 5.75 Å². The average Bonchev–Trinajstić information content (AvgIpc) is 2.72. The molecule has 0 aromatic heterocycles. The van der Waals surface area contributed by atoms with E-state index < -0.39 is 0 Å². The normalized spacial score (nSPS) is 16.4. The molecule has 0 aliphatic carbocycles. The number of nitrogens with two attached hydrogens (primary N) is 1. The molecule has 174 valence electrons. The molecule has 7 heteroatoms. The van der Waals surface area contributed by atoms with Gasteiger partial charge in [-0.05, 0) is 43.4 Å². The largest absolute Gasteiger partial charge is 0.493 e. The zero-order valence-corrected chi connectivity index (χ0v) is 19.9. The first-order chi connectivity index (χ1) is 14.7. The van der Waals surface area contributed by atoms with Gasteiger partial charge < -0.3 is 21.1 Å². The van der Waals surface area contributed by atoms with Gasteiger partial charge in [0, 0.05) is 31.1 Å². The van der Waals surface area contributed by atoms with Crippen LogP contribution in [0.3, 0.4) is 0 Å². The predicted molar refractivity (Wildman–Crippen MR) is 128 cm³/mol. The molecular formula is C24H41N5O2. The lowest BCUT2D eigenvalue weighted by molar-refractivity contribution is -0.119. The number of carbonyl (C=O) groups excluding carboxylic acids is 1. The van der Waals surface area contributed by atoms with Gasteiger partial charge in [0.1, 0.15) is 5.75 Å².